The smallest absolute Gasteiger partial charge is 0.315 e. The van der Waals surface area contributed by atoms with Crippen molar-refractivity contribution in [1.29, 1.82) is 0 Å². The number of anilines is 1. The fraction of sp³-hybridized carbons (Fsp3) is 0.706. The quantitative estimate of drug-likeness (QED) is 0.791. The Morgan fingerprint density at radius 1 is 1.29 bits per heavy atom. The van der Waals surface area contributed by atoms with Crippen molar-refractivity contribution in [3.05, 3.63) is 11.3 Å². The first kappa shape index (κ1) is 17.3. The topological polar surface area (TPSA) is 67.2 Å². The Kier molecular flexibility index (Phi) is 4.64. The predicted molar refractivity (Wildman–Crippen MR) is 95.8 cm³/mol. The second-order valence-corrected chi connectivity index (χ2v) is 8.79. The molecule has 1 aromatic heterocycles. The molecule has 1 fully saturated rings. The van der Waals surface area contributed by atoms with Gasteiger partial charge in [-0.15, -0.1) is 0 Å². The van der Waals surface area contributed by atoms with Gasteiger partial charge in [0.25, 0.3) is 0 Å². The van der Waals surface area contributed by atoms with Gasteiger partial charge >= 0.3 is 11.8 Å². The fourth-order valence-electron chi connectivity index (χ4n) is 3.31. The molecule has 0 unspecified atom stereocenters. The summed E-state index contributed by atoms with van der Waals surface area (Å²) in [6.07, 6.45) is 2.08. The van der Waals surface area contributed by atoms with E-state index in [1.165, 1.54) is 0 Å². The Labute approximate surface area is 147 Å². The Balaban J connectivity index is 1.80. The normalized spacial score (nSPS) is 20.8. The molecule has 0 saturated carbocycles. The standard InChI is InChI=1S/C17H26N4O2S/c1-11-6-5-7-20(8-11)16(23)15(22)18-14-12-9-24-10-13(12)19-21(14)17(2,3)4/h11H,5-10H2,1-4H3,(H,18,22)/t11-/m1/s1. The summed E-state index contributed by atoms with van der Waals surface area (Å²) in [4.78, 5) is 26.7. The van der Waals surface area contributed by atoms with E-state index >= 15 is 0 Å². The van der Waals surface area contributed by atoms with Gasteiger partial charge in [0.2, 0.25) is 0 Å². The van der Waals surface area contributed by atoms with Crippen molar-refractivity contribution in [3.63, 3.8) is 0 Å². The van der Waals surface area contributed by atoms with E-state index in [1.54, 1.807) is 16.7 Å². The van der Waals surface area contributed by atoms with Gasteiger partial charge in [0.05, 0.1) is 11.2 Å². The Hall–Kier alpha value is -1.50. The van der Waals surface area contributed by atoms with Crippen LogP contribution in [0.2, 0.25) is 0 Å². The molecular weight excluding hydrogens is 324 g/mol. The highest BCUT2D eigenvalue weighted by atomic mass is 32.2. The molecule has 1 aromatic rings. The highest BCUT2D eigenvalue weighted by molar-refractivity contribution is 7.98. The minimum atomic E-state index is -0.547. The third-order valence-corrected chi connectivity index (χ3v) is 5.53. The lowest BCUT2D eigenvalue weighted by molar-refractivity contribution is -0.144. The number of hydrogen-bond acceptors (Lipinski definition) is 4. The highest BCUT2D eigenvalue weighted by Gasteiger charge is 2.32. The number of likely N-dealkylation sites (tertiary alicyclic amines) is 1. The molecule has 132 valence electrons. The number of thioether (sulfide) groups is 1. The molecule has 2 aliphatic rings. The monoisotopic (exact) mass is 350 g/mol. The molecule has 3 heterocycles. The summed E-state index contributed by atoms with van der Waals surface area (Å²) < 4.78 is 1.85. The summed E-state index contributed by atoms with van der Waals surface area (Å²) >= 11 is 1.78. The molecule has 0 aromatic carbocycles. The number of aromatic nitrogens is 2. The van der Waals surface area contributed by atoms with Gasteiger partial charge in [-0.3, -0.25) is 9.59 Å². The van der Waals surface area contributed by atoms with Crippen molar-refractivity contribution in [3.8, 4) is 0 Å². The van der Waals surface area contributed by atoms with E-state index in [1.807, 2.05) is 25.5 Å². The molecule has 2 amide bonds. The largest absolute Gasteiger partial charge is 0.334 e. The minimum absolute atomic E-state index is 0.250. The molecule has 1 N–H and O–H groups in total. The van der Waals surface area contributed by atoms with Crippen molar-refractivity contribution in [1.82, 2.24) is 14.7 Å². The zero-order chi connectivity index (χ0) is 17.5. The van der Waals surface area contributed by atoms with Crippen LogP contribution in [0.3, 0.4) is 0 Å². The molecule has 7 heteroatoms. The van der Waals surface area contributed by atoms with Crippen molar-refractivity contribution in [2.24, 2.45) is 5.92 Å². The second-order valence-electron chi connectivity index (χ2n) is 7.80. The number of carbonyl (C=O) groups is 2. The highest BCUT2D eigenvalue weighted by Crippen LogP contribution is 2.37. The van der Waals surface area contributed by atoms with Gasteiger partial charge in [0, 0.05) is 30.2 Å². The zero-order valence-electron chi connectivity index (χ0n) is 14.9. The molecule has 1 atom stereocenters. The van der Waals surface area contributed by atoms with Gasteiger partial charge in [0.1, 0.15) is 5.82 Å². The first-order valence-electron chi connectivity index (χ1n) is 8.56. The summed E-state index contributed by atoms with van der Waals surface area (Å²) in [5.74, 6) is 1.86. The van der Waals surface area contributed by atoms with Crippen LogP contribution < -0.4 is 5.32 Å². The number of fused-ring (bicyclic) bond motifs is 1. The lowest BCUT2D eigenvalue weighted by Gasteiger charge is -2.30. The van der Waals surface area contributed by atoms with Gasteiger partial charge in [-0.1, -0.05) is 6.92 Å². The van der Waals surface area contributed by atoms with Crippen LogP contribution in [0.1, 0.15) is 51.8 Å². The predicted octanol–water partition coefficient (Wildman–Crippen LogP) is 2.58. The maximum atomic E-state index is 12.5. The van der Waals surface area contributed by atoms with Gasteiger partial charge in [-0.25, -0.2) is 4.68 Å². The Morgan fingerprint density at radius 3 is 2.71 bits per heavy atom. The van der Waals surface area contributed by atoms with E-state index in [4.69, 9.17) is 0 Å². The van der Waals surface area contributed by atoms with Crippen LogP contribution in [-0.2, 0) is 26.6 Å². The number of hydrogen-bond donors (Lipinski definition) is 1. The Bertz CT molecular complexity index is 662. The summed E-state index contributed by atoms with van der Waals surface area (Å²) in [6, 6.07) is 0. The molecule has 0 radical (unpaired) electrons. The van der Waals surface area contributed by atoms with Gasteiger partial charge in [0.15, 0.2) is 0 Å². The van der Waals surface area contributed by atoms with Crippen LogP contribution >= 0.6 is 11.8 Å². The van der Waals surface area contributed by atoms with E-state index in [0.29, 0.717) is 24.8 Å². The summed E-state index contributed by atoms with van der Waals surface area (Å²) in [6.45, 7) is 9.60. The van der Waals surface area contributed by atoms with Crippen LogP contribution in [0.25, 0.3) is 0 Å². The van der Waals surface area contributed by atoms with E-state index < -0.39 is 11.8 Å². The average molecular weight is 350 g/mol. The first-order valence-corrected chi connectivity index (χ1v) is 9.72. The molecule has 0 spiro atoms. The summed E-state index contributed by atoms with van der Waals surface area (Å²) in [5, 5.41) is 7.52. The minimum Gasteiger partial charge on any atom is -0.334 e. The molecule has 24 heavy (non-hydrogen) atoms. The SMILES string of the molecule is C[C@@H]1CCCN(C(=O)C(=O)Nc2c3c(nn2C(C)(C)C)CSC3)C1. The van der Waals surface area contributed by atoms with Crippen LogP contribution in [0, 0.1) is 5.92 Å². The van der Waals surface area contributed by atoms with Gasteiger partial charge < -0.3 is 10.2 Å². The number of nitrogens with one attached hydrogen (secondary N) is 1. The average Bonchev–Trinajstić information content (AvgIpc) is 3.08. The van der Waals surface area contributed by atoms with Crippen molar-refractivity contribution in [2.75, 3.05) is 18.4 Å². The number of rotatable bonds is 1. The Morgan fingerprint density at radius 2 is 2.04 bits per heavy atom. The third-order valence-electron chi connectivity index (χ3n) is 4.56. The maximum Gasteiger partial charge on any atom is 0.315 e. The molecule has 1 saturated heterocycles. The molecule has 3 rings (SSSR count). The second kappa shape index (κ2) is 6.43. The third kappa shape index (κ3) is 3.31. The van der Waals surface area contributed by atoms with E-state index in [9.17, 15) is 9.59 Å². The van der Waals surface area contributed by atoms with Crippen molar-refractivity contribution >= 4 is 29.4 Å². The van der Waals surface area contributed by atoms with Crippen molar-refractivity contribution < 1.29 is 9.59 Å². The molecule has 2 aliphatic heterocycles. The van der Waals surface area contributed by atoms with Gasteiger partial charge in [-0.05, 0) is 39.5 Å². The first-order chi connectivity index (χ1) is 11.3. The molecular formula is C17H26N4O2S. The lowest BCUT2D eigenvalue weighted by Crippen LogP contribution is -2.45. The lowest BCUT2D eigenvalue weighted by atomic mass is 10.0. The van der Waals surface area contributed by atoms with Gasteiger partial charge in [-0.2, -0.15) is 16.9 Å². The van der Waals surface area contributed by atoms with E-state index in [0.717, 1.165) is 35.6 Å². The number of amides is 2. The zero-order valence-corrected chi connectivity index (χ0v) is 15.7. The molecule has 6 nitrogen and oxygen atoms in total. The summed E-state index contributed by atoms with van der Waals surface area (Å²) in [5.41, 5.74) is 1.83. The van der Waals surface area contributed by atoms with Crippen LogP contribution in [-0.4, -0.2) is 39.6 Å². The fourth-order valence-corrected chi connectivity index (χ4v) is 4.34. The number of nitrogens with zero attached hydrogens (tertiary/aromatic N) is 3. The van der Waals surface area contributed by atoms with E-state index in [-0.39, 0.29) is 5.54 Å². The van der Waals surface area contributed by atoms with Crippen molar-refractivity contribution in [2.45, 2.75) is 57.6 Å². The number of piperidine rings is 1. The van der Waals surface area contributed by atoms with E-state index in [2.05, 4.69) is 17.3 Å². The van der Waals surface area contributed by atoms with Crippen LogP contribution in [0.4, 0.5) is 5.82 Å². The molecule has 0 bridgehead atoms. The summed E-state index contributed by atoms with van der Waals surface area (Å²) in [7, 11) is 0. The number of carbonyl (C=O) groups excluding carboxylic acids is 2. The maximum absolute atomic E-state index is 12.5. The van der Waals surface area contributed by atoms with Crippen LogP contribution in [0.15, 0.2) is 0 Å². The molecule has 0 aliphatic carbocycles. The van der Waals surface area contributed by atoms with Crippen LogP contribution in [0.5, 0.6) is 0 Å².